The highest BCUT2D eigenvalue weighted by atomic mass is 16.4. The predicted octanol–water partition coefficient (Wildman–Crippen LogP) is 0.355. The molecule has 0 unspecified atom stereocenters. The molecule has 0 radical (unpaired) electrons. The minimum absolute atomic E-state index is 0. The summed E-state index contributed by atoms with van der Waals surface area (Å²) in [7, 11) is 0. The topological polar surface area (TPSA) is 126 Å². The molecule has 6 nitrogen and oxygen atoms in total. The van der Waals surface area contributed by atoms with Crippen molar-refractivity contribution in [2.45, 2.75) is 19.8 Å². The Bertz CT molecular complexity index is 452. The van der Waals surface area contributed by atoms with Crippen LogP contribution >= 0.6 is 0 Å². The van der Waals surface area contributed by atoms with Gasteiger partial charge in [0.25, 0.3) is 0 Å². The van der Waals surface area contributed by atoms with Gasteiger partial charge in [-0.2, -0.15) is 0 Å². The number of aryl methyl sites for hydroxylation is 1. The van der Waals surface area contributed by atoms with Crippen molar-refractivity contribution in [3.8, 4) is 0 Å². The monoisotopic (exact) mass is 256 g/mol. The first-order chi connectivity index (χ1) is 8.02. The van der Waals surface area contributed by atoms with Crippen LogP contribution in [0.1, 0.15) is 38.8 Å². The van der Waals surface area contributed by atoms with Gasteiger partial charge in [0, 0.05) is 6.61 Å². The molecule has 100 valence electrons. The Morgan fingerprint density at radius 3 is 2.17 bits per heavy atom. The molecule has 6 heteroatoms. The number of benzene rings is 1. The van der Waals surface area contributed by atoms with Gasteiger partial charge in [0.1, 0.15) is 0 Å². The Morgan fingerprint density at radius 1 is 1.17 bits per heavy atom. The zero-order chi connectivity index (χ0) is 13.0. The van der Waals surface area contributed by atoms with Crippen LogP contribution in [0.2, 0.25) is 0 Å². The van der Waals surface area contributed by atoms with Crippen LogP contribution in [0.3, 0.4) is 0 Å². The smallest absolute Gasteiger partial charge is 0.336 e. The van der Waals surface area contributed by atoms with Gasteiger partial charge in [0.05, 0.1) is 11.1 Å². The number of hydrogen-bond donors (Lipinski definition) is 3. The lowest BCUT2D eigenvalue weighted by molar-refractivity contribution is 0.0650. The van der Waals surface area contributed by atoms with E-state index in [0.29, 0.717) is 12.0 Å². The third kappa shape index (κ3) is 3.06. The molecule has 5 N–H and O–H groups in total. The van der Waals surface area contributed by atoms with Crippen LogP contribution in [0, 0.1) is 0 Å². The zero-order valence-electron chi connectivity index (χ0n) is 9.93. The van der Waals surface area contributed by atoms with Crippen LogP contribution in [-0.2, 0) is 12.8 Å². The summed E-state index contributed by atoms with van der Waals surface area (Å²) >= 11 is 0. The lowest BCUT2D eigenvalue weighted by atomic mass is 9.92. The third-order valence-corrected chi connectivity index (χ3v) is 2.60. The van der Waals surface area contributed by atoms with E-state index in [1.165, 1.54) is 6.07 Å². The fourth-order valence-corrected chi connectivity index (χ4v) is 1.84. The van der Waals surface area contributed by atoms with Crippen LogP contribution in [0.15, 0.2) is 12.1 Å². The van der Waals surface area contributed by atoms with Crippen molar-refractivity contribution in [2.75, 3.05) is 6.61 Å². The van der Waals surface area contributed by atoms with E-state index >= 15 is 0 Å². The molecular formula is C12H16O6. The molecule has 0 aliphatic carbocycles. The molecule has 0 atom stereocenters. The zero-order valence-corrected chi connectivity index (χ0v) is 9.93. The molecule has 1 aromatic carbocycles. The molecule has 0 fully saturated rings. The van der Waals surface area contributed by atoms with Gasteiger partial charge in [-0.15, -0.1) is 0 Å². The van der Waals surface area contributed by atoms with E-state index in [9.17, 15) is 9.59 Å². The molecule has 0 aromatic heterocycles. The molecule has 1 rings (SSSR count). The highest BCUT2D eigenvalue weighted by Gasteiger charge is 2.21. The van der Waals surface area contributed by atoms with Crippen LogP contribution in [0.25, 0.3) is 0 Å². The van der Waals surface area contributed by atoms with Gasteiger partial charge in [0.2, 0.25) is 0 Å². The molecule has 0 heterocycles. The molecule has 0 aliphatic rings. The minimum Gasteiger partial charge on any atom is -0.478 e. The average Bonchev–Trinajstić information content (AvgIpc) is 2.28. The summed E-state index contributed by atoms with van der Waals surface area (Å²) in [5.74, 6) is -2.55. The van der Waals surface area contributed by atoms with Crippen LogP contribution in [0.4, 0.5) is 0 Å². The van der Waals surface area contributed by atoms with E-state index in [4.69, 9.17) is 15.3 Å². The standard InChI is InChI=1S/C12H14O5.H2O/c1-2-7-3-4-9(11(14)15)10(12(16)17)8(7)5-6-13;/h3-4,13H,2,5-6H2,1H3,(H,14,15)(H,16,17);1H2. The number of carbonyl (C=O) groups is 2. The number of aromatic carboxylic acids is 2. The van der Waals surface area contributed by atoms with Crippen molar-refractivity contribution >= 4 is 11.9 Å². The number of hydrogen-bond acceptors (Lipinski definition) is 3. The van der Waals surface area contributed by atoms with Crippen molar-refractivity contribution in [1.29, 1.82) is 0 Å². The lowest BCUT2D eigenvalue weighted by Gasteiger charge is -2.12. The van der Waals surface area contributed by atoms with Gasteiger partial charge in [0.15, 0.2) is 0 Å². The summed E-state index contributed by atoms with van der Waals surface area (Å²) in [6.45, 7) is 1.64. The van der Waals surface area contributed by atoms with Crippen molar-refractivity contribution in [3.05, 3.63) is 34.4 Å². The van der Waals surface area contributed by atoms with Crippen molar-refractivity contribution in [2.24, 2.45) is 0 Å². The maximum Gasteiger partial charge on any atom is 0.336 e. The second-order valence-electron chi connectivity index (χ2n) is 3.56. The summed E-state index contributed by atoms with van der Waals surface area (Å²) < 4.78 is 0. The first-order valence-corrected chi connectivity index (χ1v) is 5.25. The highest BCUT2D eigenvalue weighted by Crippen LogP contribution is 2.21. The summed E-state index contributed by atoms with van der Waals surface area (Å²) in [5, 5.41) is 27.0. The first kappa shape index (κ1) is 16.1. The number of carboxylic acids is 2. The fourth-order valence-electron chi connectivity index (χ4n) is 1.84. The quantitative estimate of drug-likeness (QED) is 0.700. The van der Waals surface area contributed by atoms with Crippen molar-refractivity contribution in [1.82, 2.24) is 0 Å². The Labute approximate surface area is 104 Å². The summed E-state index contributed by atoms with van der Waals surface area (Å²) in [6, 6.07) is 2.90. The average molecular weight is 256 g/mol. The molecule has 18 heavy (non-hydrogen) atoms. The molecule has 1 aromatic rings. The van der Waals surface area contributed by atoms with E-state index in [2.05, 4.69) is 0 Å². The van der Waals surface area contributed by atoms with E-state index < -0.39 is 11.9 Å². The number of aliphatic hydroxyl groups is 1. The first-order valence-electron chi connectivity index (χ1n) is 5.25. The molecule has 0 spiro atoms. The van der Waals surface area contributed by atoms with E-state index in [1.54, 1.807) is 6.07 Å². The molecule has 0 amide bonds. The van der Waals surface area contributed by atoms with Gasteiger partial charge in [-0.1, -0.05) is 13.0 Å². The Hall–Kier alpha value is -1.92. The maximum absolute atomic E-state index is 11.1. The molecule has 0 saturated carbocycles. The van der Waals surface area contributed by atoms with Gasteiger partial charge in [-0.05, 0) is 30.0 Å². The predicted molar refractivity (Wildman–Crippen MR) is 64.1 cm³/mol. The second-order valence-corrected chi connectivity index (χ2v) is 3.56. The summed E-state index contributed by atoms with van der Waals surface area (Å²) in [6.07, 6.45) is 0.738. The molecular weight excluding hydrogens is 240 g/mol. The summed E-state index contributed by atoms with van der Waals surface area (Å²) in [4.78, 5) is 22.1. The van der Waals surface area contributed by atoms with Gasteiger partial charge in [-0.25, -0.2) is 9.59 Å². The normalized spacial score (nSPS) is 9.67. The maximum atomic E-state index is 11.1. The number of aliphatic hydroxyl groups excluding tert-OH is 1. The molecule has 0 aliphatic heterocycles. The van der Waals surface area contributed by atoms with Crippen molar-refractivity contribution < 1.29 is 30.4 Å². The summed E-state index contributed by atoms with van der Waals surface area (Å²) in [5.41, 5.74) is 0.702. The van der Waals surface area contributed by atoms with E-state index in [1.807, 2.05) is 6.92 Å². The third-order valence-electron chi connectivity index (χ3n) is 2.60. The highest BCUT2D eigenvalue weighted by molar-refractivity contribution is 6.03. The largest absolute Gasteiger partial charge is 0.478 e. The van der Waals surface area contributed by atoms with Gasteiger partial charge < -0.3 is 20.8 Å². The van der Waals surface area contributed by atoms with Crippen LogP contribution in [0.5, 0.6) is 0 Å². The molecule has 0 bridgehead atoms. The van der Waals surface area contributed by atoms with E-state index in [0.717, 1.165) is 5.56 Å². The Morgan fingerprint density at radius 2 is 1.78 bits per heavy atom. The number of rotatable bonds is 5. The Kier molecular flexibility index (Phi) is 6.01. The minimum atomic E-state index is -1.28. The molecule has 0 saturated heterocycles. The van der Waals surface area contributed by atoms with Crippen molar-refractivity contribution in [3.63, 3.8) is 0 Å². The van der Waals surface area contributed by atoms with Gasteiger partial charge >= 0.3 is 11.9 Å². The van der Waals surface area contributed by atoms with Gasteiger partial charge in [-0.3, -0.25) is 0 Å². The van der Waals surface area contributed by atoms with Crippen LogP contribution in [-0.4, -0.2) is 39.3 Å². The van der Waals surface area contributed by atoms with Crippen LogP contribution < -0.4 is 0 Å². The fraction of sp³-hybridized carbons (Fsp3) is 0.333. The SMILES string of the molecule is CCc1ccc(C(=O)O)c(C(=O)O)c1CCO.O. The number of carboxylic acid groups (broad SMARTS) is 2. The lowest BCUT2D eigenvalue weighted by Crippen LogP contribution is -2.14. The van der Waals surface area contributed by atoms with E-state index in [-0.39, 0.29) is 29.6 Å². The second kappa shape index (κ2) is 6.73. The Balaban J connectivity index is 0.00000289.